The fourth-order valence-electron chi connectivity index (χ4n) is 0.883. The molecule has 0 bridgehead atoms. The molecule has 0 saturated heterocycles. The number of likely N-dealkylation sites (N-methyl/N-ethyl adjacent to an activating group) is 1. The van der Waals surface area contributed by atoms with Gasteiger partial charge in [0.25, 0.3) is 0 Å². The second-order valence-corrected chi connectivity index (χ2v) is 2.59. The molecule has 3 nitrogen and oxygen atoms in total. The lowest BCUT2D eigenvalue weighted by atomic mass is 10.2. The lowest BCUT2D eigenvalue weighted by Crippen LogP contribution is -2.03. The van der Waals surface area contributed by atoms with E-state index in [4.69, 9.17) is 0 Å². The first-order valence-electron chi connectivity index (χ1n) is 4.09. The molecule has 0 aromatic carbocycles. The molecule has 1 aromatic heterocycles. The van der Waals surface area contributed by atoms with E-state index >= 15 is 0 Å². The Kier molecular flexibility index (Phi) is 3.85. The molecule has 13 heavy (non-hydrogen) atoms. The Morgan fingerprint density at radius 1 is 1.54 bits per heavy atom. The topological polar surface area (TPSA) is 42.0 Å². The second-order valence-electron chi connectivity index (χ2n) is 2.59. The van der Waals surface area contributed by atoms with Crippen molar-refractivity contribution >= 4 is 12.4 Å². The van der Waals surface area contributed by atoms with Crippen LogP contribution in [0.2, 0.25) is 0 Å². The molecule has 0 aliphatic rings. The van der Waals surface area contributed by atoms with Gasteiger partial charge in [-0.3, -0.25) is 9.78 Å². The zero-order chi connectivity index (χ0) is 9.52. The van der Waals surface area contributed by atoms with Gasteiger partial charge in [0.2, 0.25) is 0 Å². The van der Waals surface area contributed by atoms with Gasteiger partial charge in [0, 0.05) is 18.3 Å². The molecule has 1 rings (SSSR count). The van der Waals surface area contributed by atoms with Gasteiger partial charge in [0.05, 0.1) is 5.69 Å². The van der Waals surface area contributed by atoms with Crippen LogP contribution in [0.1, 0.15) is 16.1 Å². The van der Waals surface area contributed by atoms with Gasteiger partial charge in [-0.05, 0) is 25.3 Å². The van der Waals surface area contributed by atoms with E-state index in [0.29, 0.717) is 5.56 Å². The van der Waals surface area contributed by atoms with Gasteiger partial charge >= 0.3 is 0 Å². The number of nitrogens with one attached hydrogen (secondary N) is 1. The van der Waals surface area contributed by atoms with Crippen molar-refractivity contribution in [3.05, 3.63) is 35.7 Å². The molecule has 0 spiro atoms. The molecule has 3 heteroatoms. The van der Waals surface area contributed by atoms with E-state index in [1.54, 1.807) is 12.3 Å². The van der Waals surface area contributed by atoms with Crippen LogP contribution in [0, 0.1) is 0 Å². The summed E-state index contributed by atoms with van der Waals surface area (Å²) < 4.78 is 0. The van der Waals surface area contributed by atoms with E-state index in [2.05, 4.69) is 10.3 Å². The summed E-state index contributed by atoms with van der Waals surface area (Å²) in [6, 6.07) is 3.56. The summed E-state index contributed by atoms with van der Waals surface area (Å²) in [6.07, 6.45) is 6.23. The first-order valence-corrected chi connectivity index (χ1v) is 4.09. The minimum atomic E-state index is 0.603. The third-order valence-corrected chi connectivity index (χ3v) is 1.56. The highest BCUT2D eigenvalue weighted by Crippen LogP contribution is 1.99. The number of hydrogen-bond acceptors (Lipinski definition) is 3. The summed E-state index contributed by atoms with van der Waals surface area (Å²) in [5.41, 5.74) is 1.46. The molecule has 1 N–H and O–H groups in total. The Hall–Kier alpha value is -1.48. The fraction of sp³-hybridized carbons (Fsp3) is 0.200. The predicted octanol–water partition coefficient (Wildman–Crippen LogP) is 1.13. The number of aromatic nitrogens is 1. The average Bonchev–Trinajstić information content (AvgIpc) is 2.19. The summed E-state index contributed by atoms with van der Waals surface area (Å²) in [7, 11) is 1.88. The molecule has 0 atom stereocenters. The Morgan fingerprint density at radius 2 is 2.38 bits per heavy atom. The number of carbonyl (C=O) groups excluding carboxylic acids is 1. The molecule has 0 saturated carbocycles. The maximum Gasteiger partial charge on any atom is 0.151 e. The molecule has 1 heterocycles. The summed E-state index contributed by atoms with van der Waals surface area (Å²) in [5.74, 6) is 0. The zero-order valence-electron chi connectivity index (χ0n) is 7.53. The highest BCUT2D eigenvalue weighted by atomic mass is 16.1. The van der Waals surface area contributed by atoms with E-state index in [1.807, 2.05) is 25.3 Å². The Morgan fingerprint density at radius 3 is 2.92 bits per heavy atom. The largest absolute Gasteiger partial charge is 0.316 e. The Balaban J connectivity index is 2.63. The SMILES string of the molecule is CNCC=Cc1ccc(C=O)cn1. The van der Waals surface area contributed by atoms with Gasteiger partial charge in [-0.15, -0.1) is 0 Å². The van der Waals surface area contributed by atoms with Crippen LogP contribution in [-0.4, -0.2) is 24.9 Å². The maximum absolute atomic E-state index is 10.3. The first-order chi connectivity index (χ1) is 6.36. The zero-order valence-corrected chi connectivity index (χ0v) is 7.53. The van der Waals surface area contributed by atoms with E-state index in [-0.39, 0.29) is 0 Å². The van der Waals surface area contributed by atoms with Crippen molar-refractivity contribution in [3.8, 4) is 0 Å². The number of rotatable bonds is 4. The average molecular weight is 176 g/mol. The van der Waals surface area contributed by atoms with Crippen LogP contribution in [0.4, 0.5) is 0 Å². The van der Waals surface area contributed by atoms with Crippen LogP contribution < -0.4 is 5.32 Å². The van der Waals surface area contributed by atoms with Gasteiger partial charge in [-0.25, -0.2) is 0 Å². The van der Waals surface area contributed by atoms with Crippen LogP contribution in [0.25, 0.3) is 6.08 Å². The smallest absolute Gasteiger partial charge is 0.151 e. The molecule has 0 aliphatic carbocycles. The summed E-state index contributed by atoms with van der Waals surface area (Å²) in [4.78, 5) is 14.4. The molecular formula is C10H12N2O. The number of aldehydes is 1. The van der Waals surface area contributed by atoms with E-state index in [1.165, 1.54) is 0 Å². The standard InChI is InChI=1S/C10H12N2O/c1-11-6-2-3-10-5-4-9(8-13)7-12-10/h2-5,7-8,11H,6H2,1H3. The maximum atomic E-state index is 10.3. The highest BCUT2D eigenvalue weighted by Gasteiger charge is 1.89. The lowest BCUT2D eigenvalue weighted by molar-refractivity contribution is 0.112. The monoisotopic (exact) mass is 176 g/mol. The number of pyridine rings is 1. The molecule has 68 valence electrons. The predicted molar refractivity (Wildman–Crippen MR) is 52.6 cm³/mol. The van der Waals surface area contributed by atoms with Crippen molar-refractivity contribution in [2.45, 2.75) is 0 Å². The Bertz CT molecular complexity index is 290. The van der Waals surface area contributed by atoms with Crippen molar-refractivity contribution in [1.82, 2.24) is 10.3 Å². The lowest BCUT2D eigenvalue weighted by Gasteiger charge is -1.93. The van der Waals surface area contributed by atoms with E-state index in [9.17, 15) is 4.79 Å². The third-order valence-electron chi connectivity index (χ3n) is 1.56. The van der Waals surface area contributed by atoms with Gasteiger partial charge in [-0.2, -0.15) is 0 Å². The normalized spacial score (nSPS) is 10.5. The Labute approximate surface area is 77.5 Å². The fourth-order valence-corrected chi connectivity index (χ4v) is 0.883. The minimum absolute atomic E-state index is 0.603. The molecule has 0 amide bonds. The van der Waals surface area contributed by atoms with Gasteiger partial charge in [-0.1, -0.05) is 6.08 Å². The van der Waals surface area contributed by atoms with Crippen LogP contribution in [-0.2, 0) is 0 Å². The number of nitrogens with zero attached hydrogens (tertiary/aromatic N) is 1. The van der Waals surface area contributed by atoms with Gasteiger partial charge in [0.15, 0.2) is 6.29 Å². The van der Waals surface area contributed by atoms with Crippen LogP contribution in [0.3, 0.4) is 0 Å². The minimum Gasteiger partial charge on any atom is -0.316 e. The highest BCUT2D eigenvalue weighted by molar-refractivity contribution is 5.74. The van der Waals surface area contributed by atoms with Crippen LogP contribution >= 0.6 is 0 Å². The molecular weight excluding hydrogens is 164 g/mol. The van der Waals surface area contributed by atoms with E-state index < -0.39 is 0 Å². The van der Waals surface area contributed by atoms with Crippen molar-refractivity contribution in [2.75, 3.05) is 13.6 Å². The van der Waals surface area contributed by atoms with Crippen molar-refractivity contribution in [3.63, 3.8) is 0 Å². The van der Waals surface area contributed by atoms with E-state index in [0.717, 1.165) is 18.5 Å². The molecule has 1 aromatic rings. The number of carbonyl (C=O) groups is 1. The summed E-state index contributed by atoms with van der Waals surface area (Å²) in [6.45, 7) is 0.817. The van der Waals surface area contributed by atoms with Gasteiger partial charge < -0.3 is 5.32 Å². The van der Waals surface area contributed by atoms with Crippen LogP contribution in [0.5, 0.6) is 0 Å². The van der Waals surface area contributed by atoms with Crippen LogP contribution in [0.15, 0.2) is 24.4 Å². The molecule has 0 fully saturated rings. The summed E-state index contributed by atoms with van der Waals surface area (Å²) >= 11 is 0. The quantitative estimate of drug-likeness (QED) is 0.699. The van der Waals surface area contributed by atoms with Gasteiger partial charge in [0.1, 0.15) is 0 Å². The molecule has 0 unspecified atom stereocenters. The van der Waals surface area contributed by atoms with Crippen molar-refractivity contribution in [2.24, 2.45) is 0 Å². The number of hydrogen-bond donors (Lipinski definition) is 1. The molecule has 0 aliphatic heterocycles. The second kappa shape index (κ2) is 5.22. The third kappa shape index (κ3) is 3.17. The first kappa shape index (κ1) is 9.61. The summed E-state index contributed by atoms with van der Waals surface area (Å²) in [5, 5.41) is 2.99. The van der Waals surface area contributed by atoms with Crippen molar-refractivity contribution < 1.29 is 4.79 Å². The molecule has 0 radical (unpaired) electrons. The van der Waals surface area contributed by atoms with Crippen molar-refractivity contribution in [1.29, 1.82) is 0 Å².